The van der Waals surface area contributed by atoms with Gasteiger partial charge in [-0.3, -0.25) is 4.90 Å². The molecule has 4 rings (SSSR count). The topological polar surface area (TPSA) is 24.5 Å². The second-order valence-electron chi connectivity index (χ2n) is 6.59. The summed E-state index contributed by atoms with van der Waals surface area (Å²) in [7, 11) is 0. The number of hydrogen-bond donors (Lipinski definition) is 1. The summed E-state index contributed by atoms with van der Waals surface area (Å²) in [5, 5.41) is 3.74. The summed E-state index contributed by atoms with van der Waals surface area (Å²) in [4.78, 5) is 2.62. The molecule has 2 heterocycles. The van der Waals surface area contributed by atoms with E-state index in [4.69, 9.17) is 4.74 Å². The summed E-state index contributed by atoms with van der Waals surface area (Å²) in [6.45, 7) is 4.28. The van der Waals surface area contributed by atoms with Gasteiger partial charge in [0, 0.05) is 29.6 Å². The molecule has 114 valence electrons. The molecule has 1 N–H and O–H groups in total. The van der Waals surface area contributed by atoms with Crippen LogP contribution in [0.2, 0.25) is 0 Å². The van der Waals surface area contributed by atoms with Crippen molar-refractivity contribution < 1.29 is 4.74 Å². The third-order valence-corrected chi connectivity index (χ3v) is 5.73. The van der Waals surface area contributed by atoms with Crippen molar-refractivity contribution in [3.63, 3.8) is 0 Å². The Kier molecular flexibility index (Phi) is 4.05. The summed E-state index contributed by atoms with van der Waals surface area (Å²) in [5.41, 5.74) is 2.97. The number of hydrogen-bond acceptors (Lipinski definition) is 3. The SMILES string of the molecule is Brc1ccc2c(c1)CCC2NCC1CN2CCCC2CO1. The molecule has 3 atom stereocenters. The lowest BCUT2D eigenvalue weighted by Crippen LogP contribution is -2.49. The maximum absolute atomic E-state index is 6.05. The zero-order valence-electron chi connectivity index (χ0n) is 12.4. The second kappa shape index (κ2) is 5.99. The first-order valence-electron chi connectivity index (χ1n) is 8.17. The molecule has 0 bridgehead atoms. The van der Waals surface area contributed by atoms with Gasteiger partial charge in [-0.05, 0) is 55.5 Å². The van der Waals surface area contributed by atoms with Gasteiger partial charge in [0.1, 0.15) is 0 Å². The minimum absolute atomic E-state index is 0.360. The van der Waals surface area contributed by atoms with Crippen molar-refractivity contribution in [3.05, 3.63) is 33.8 Å². The number of aryl methyl sites for hydroxylation is 1. The second-order valence-corrected chi connectivity index (χ2v) is 7.50. The van der Waals surface area contributed by atoms with Crippen LogP contribution < -0.4 is 5.32 Å². The van der Waals surface area contributed by atoms with Crippen LogP contribution in [-0.4, -0.2) is 43.3 Å². The van der Waals surface area contributed by atoms with Gasteiger partial charge in [-0.2, -0.15) is 0 Å². The Balaban J connectivity index is 1.34. The average Bonchev–Trinajstić information content (AvgIpc) is 3.10. The van der Waals surface area contributed by atoms with E-state index in [2.05, 4.69) is 44.3 Å². The number of fused-ring (bicyclic) bond motifs is 2. The van der Waals surface area contributed by atoms with Crippen LogP contribution in [0.15, 0.2) is 22.7 Å². The van der Waals surface area contributed by atoms with Gasteiger partial charge in [0.2, 0.25) is 0 Å². The Morgan fingerprint density at radius 3 is 3.24 bits per heavy atom. The third kappa shape index (κ3) is 2.91. The van der Waals surface area contributed by atoms with E-state index >= 15 is 0 Å². The Hall–Kier alpha value is -0.420. The van der Waals surface area contributed by atoms with Crippen molar-refractivity contribution in [2.75, 3.05) is 26.2 Å². The molecular weight excluding hydrogens is 328 g/mol. The molecule has 21 heavy (non-hydrogen) atoms. The Morgan fingerprint density at radius 2 is 2.29 bits per heavy atom. The van der Waals surface area contributed by atoms with E-state index in [1.165, 1.54) is 47.8 Å². The standard InChI is InChI=1S/C17H23BrN2O/c18-13-4-5-16-12(8-13)3-6-17(16)19-9-15-10-20-7-1-2-14(20)11-21-15/h4-5,8,14-15,17,19H,1-3,6-7,9-11H2. The highest BCUT2D eigenvalue weighted by Gasteiger charge is 2.32. The number of nitrogens with zero attached hydrogens (tertiary/aromatic N) is 1. The Morgan fingerprint density at radius 1 is 1.33 bits per heavy atom. The maximum Gasteiger partial charge on any atom is 0.0827 e. The number of benzene rings is 1. The fourth-order valence-electron chi connectivity index (χ4n) is 4.08. The molecule has 0 amide bonds. The van der Waals surface area contributed by atoms with E-state index in [-0.39, 0.29) is 0 Å². The normalized spacial score (nSPS) is 32.1. The Bertz CT molecular complexity index is 522. The smallest absolute Gasteiger partial charge is 0.0827 e. The summed E-state index contributed by atoms with van der Waals surface area (Å²) in [6, 6.07) is 7.90. The molecule has 0 radical (unpaired) electrons. The van der Waals surface area contributed by atoms with Gasteiger partial charge in [-0.15, -0.1) is 0 Å². The quantitative estimate of drug-likeness (QED) is 0.906. The highest BCUT2D eigenvalue weighted by atomic mass is 79.9. The van der Waals surface area contributed by atoms with E-state index in [9.17, 15) is 0 Å². The largest absolute Gasteiger partial charge is 0.374 e. The fourth-order valence-corrected chi connectivity index (χ4v) is 4.49. The van der Waals surface area contributed by atoms with Crippen molar-refractivity contribution in [1.82, 2.24) is 10.2 Å². The van der Waals surface area contributed by atoms with Gasteiger partial charge < -0.3 is 10.1 Å². The fraction of sp³-hybridized carbons (Fsp3) is 0.647. The third-order valence-electron chi connectivity index (χ3n) is 5.24. The van der Waals surface area contributed by atoms with Gasteiger partial charge in [0.05, 0.1) is 12.7 Å². The van der Waals surface area contributed by atoms with Crippen molar-refractivity contribution in [2.24, 2.45) is 0 Å². The minimum atomic E-state index is 0.360. The predicted molar refractivity (Wildman–Crippen MR) is 87.5 cm³/mol. The minimum Gasteiger partial charge on any atom is -0.374 e. The van der Waals surface area contributed by atoms with Crippen LogP contribution in [0.5, 0.6) is 0 Å². The molecule has 2 aliphatic heterocycles. The summed E-state index contributed by atoms with van der Waals surface area (Å²) < 4.78 is 7.24. The predicted octanol–water partition coefficient (Wildman–Crippen LogP) is 2.89. The van der Waals surface area contributed by atoms with Gasteiger partial charge in [-0.25, -0.2) is 0 Å². The highest BCUT2D eigenvalue weighted by molar-refractivity contribution is 9.10. The van der Waals surface area contributed by atoms with Crippen LogP contribution in [0.4, 0.5) is 0 Å². The van der Waals surface area contributed by atoms with Crippen LogP contribution in [0.25, 0.3) is 0 Å². The monoisotopic (exact) mass is 350 g/mol. The van der Waals surface area contributed by atoms with Crippen LogP contribution in [-0.2, 0) is 11.2 Å². The van der Waals surface area contributed by atoms with Crippen molar-refractivity contribution in [2.45, 2.75) is 43.9 Å². The first kappa shape index (κ1) is 14.2. The first-order chi connectivity index (χ1) is 10.3. The molecule has 0 saturated carbocycles. The molecule has 1 aromatic carbocycles. The first-order valence-corrected chi connectivity index (χ1v) is 8.96. The molecule has 3 unspecified atom stereocenters. The number of ether oxygens (including phenoxy) is 1. The zero-order valence-corrected chi connectivity index (χ0v) is 13.9. The average molecular weight is 351 g/mol. The van der Waals surface area contributed by atoms with E-state index in [1.54, 1.807) is 0 Å². The molecule has 0 aromatic heterocycles. The van der Waals surface area contributed by atoms with Gasteiger partial charge in [0.15, 0.2) is 0 Å². The molecule has 3 aliphatic rings. The van der Waals surface area contributed by atoms with Crippen LogP contribution in [0.1, 0.15) is 36.4 Å². The number of morpholine rings is 1. The van der Waals surface area contributed by atoms with Crippen LogP contribution in [0.3, 0.4) is 0 Å². The molecule has 4 heteroatoms. The van der Waals surface area contributed by atoms with Crippen molar-refractivity contribution in [3.8, 4) is 0 Å². The summed E-state index contributed by atoms with van der Waals surface area (Å²) >= 11 is 3.57. The van der Waals surface area contributed by atoms with Crippen LogP contribution in [0, 0.1) is 0 Å². The molecular formula is C17H23BrN2O. The molecule has 1 aromatic rings. The lowest BCUT2D eigenvalue weighted by atomic mass is 10.1. The summed E-state index contributed by atoms with van der Waals surface area (Å²) in [6.07, 6.45) is 5.43. The van der Waals surface area contributed by atoms with Gasteiger partial charge in [0.25, 0.3) is 0 Å². The van der Waals surface area contributed by atoms with E-state index in [1.807, 2.05) is 0 Å². The van der Waals surface area contributed by atoms with Gasteiger partial charge >= 0.3 is 0 Å². The lowest BCUT2D eigenvalue weighted by Gasteiger charge is -2.35. The number of rotatable bonds is 3. The zero-order chi connectivity index (χ0) is 14.2. The number of nitrogens with one attached hydrogen (secondary N) is 1. The summed E-state index contributed by atoms with van der Waals surface area (Å²) in [5.74, 6) is 0. The van der Waals surface area contributed by atoms with Gasteiger partial charge in [-0.1, -0.05) is 22.0 Å². The molecule has 0 spiro atoms. The van der Waals surface area contributed by atoms with E-state index in [0.717, 1.165) is 19.7 Å². The maximum atomic E-state index is 6.05. The molecule has 1 aliphatic carbocycles. The van der Waals surface area contributed by atoms with E-state index < -0.39 is 0 Å². The highest BCUT2D eigenvalue weighted by Crippen LogP contribution is 2.33. The van der Waals surface area contributed by atoms with Crippen molar-refractivity contribution in [1.29, 1.82) is 0 Å². The van der Waals surface area contributed by atoms with Crippen LogP contribution >= 0.6 is 15.9 Å². The van der Waals surface area contributed by atoms with E-state index in [0.29, 0.717) is 18.2 Å². The lowest BCUT2D eigenvalue weighted by molar-refractivity contribution is -0.0478. The molecule has 3 nitrogen and oxygen atoms in total. The van der Waals surface area contributed by atoms with Crippen molar-refractivity contribution >= 4 is 15.9 Å². The number of halogens is 1. The molecule has 2 saturated heterocycles. The Labute approximate surface area is 135 Å². The molecule has 2 fully saturated rings.